The Morgan fingerprint density at radius 1 is 1.71 bits per heavy atom. The van der Waals surface area contributed by atoms with Crippen molar-refractivity contribution in [1.29, 1.82) is 0 Å². The summed E-state index contributed by atoms with van der Waals surface area (Å²) in [6.07, 6.45) is 0. The van der Waals surface area contributed by atoms with Gasteiger partial charge >= 0.3 is 0 Å². The van der Waals surface area contributed by atoms with Gasteiger partial charge in [0, 0.05) is 5.88 Å². The summed E-state index contributed by atoms with van der Waals surface area (Å²) in [5.74, 6) is 0.0733. The standard InChI is InChI=1S/C3H3Cl3O/c4-1-2(5)3(6)7/h2H,1H2/t2-/m1/s1. The zero-order valence-corrected chi connectivity index (χ0v) is 5.59. The highest BCUT2D eigenvalue weighted by atomic mass is 35.5. The van der Waals surface area contributed by atoms with Crippen LogP contribution in [0, 0.1) is 0 Å². The minimum atomic E-state index is -0.733. The van der Waals surface area contributed by atoms with Crippen LogP contribution < -0.4 is 0 Å². The molecule has 4 heteroatoms. The maximum atomic E-state index is 9.92. The molecule has 0 aliphatic rings. The van der Waals surface area contributed by atoms with E-state index in [1.165, 1.54) is 0 Å². The Morgan fingerprint density at radius 2 is 2.14 bits per heavy atom. The van der Waals surface area contributed by atoms with E-state index in [2.05, 4.69) is 0 Å². The summed E-state index contributed by atoms with van der Waals surface area (Å²) in [5.41, 5.74) is 0. The van der Waals surface area contributed by atoms with Crippen molar-refractivity contribution in [3.63, 3.8) is 0 Å². The molecule has 0 rings (SSSR count). The second kappa shape index (κ2) is 3.53. The first-order valence-corrected chi connectivity index (χ1v) is 2.92. The molecule has 1 atom stereocenters. The largest absolute Gasteiger partial charge is 0.280 e. The molecule has 42 valence electrons. The molecule has 0 saturated carbocycles. The van der Waals surface area contributed by atoms with Crippen LogP contribution in [0.4, 0.5) is 0 Å². The minimum absolute atomic E-state index is 0.0733. The number of carbonyl (C=O) groups excluding carboxylic acids is 1. The Morgan fingerprint density at radius 3 is 2.14 bits per heavy atom. The monoisotopic (exact) mass is 160 g/mol. The van der Waals surface area contributed by atoms with E-state index in [9.17, 15) is 4.79 Å². The van der Waals surface area contributed by atoms with Crippen LogP contribution in [0.2, 0.25) is 0 Å². The van der Waals surface area contributed by atoms with Gasteiger partial charge in [0.05, 0.1) is 0 Å². The van der Waals surface area contributed by atoms with E-state index in [0.717, 1.165) is 0 Å². The summed E-state index contributed by atoms with van der Waals surface area (Å²) in [4.78, 5) is 9.92. The lowest BCUT2D eigenvalue weighted by Gasteiger charge is -1.91. The predicted molar refractivity (Wildman–Crippen MR) is 31.2 cm³/mol. The minimum Gasteiger partial charge on any atom is -0.280 e. The second-order valence-corrected chi connectivity index (χ2v) is 2.13. The van der Waals surface area contributed by atoms with Gasteiger partial charge < -0.3 is 0 Å². The molecular formula is C3H3Cl3O. The van der Waals surface area contributed by atoms with Crippen molar-refractivity contribution in [1.82, 2.24) is 0 Å². The van der Waals surface area contributed by atoms with Gasteiger partial charge in [0.2, 0.25) is 5.24 Å². The fourth-order valence-electron chi connectivity index (χ4n) is 0.0607. The molecule has 0 aromatic carbocycles. The van der Waals surface area contributed by atoms with Crippen molar-refractivity contribution >= 4 is 40.0 Å². The number of carbonyl (C=O) groups is 1. The smallest absolute Gasteiger partial charge is 0.240 e. The van der Waals surface area contributed by atoms with Crippen molar-refractivity contribution in [2.24, 2.45) is 0 Å². The molecule has 0 radical (unpaired) electrons. The Bertz CT molecular complexity index is 72.6. The summed E-state index contributed by atoms with van der Waals surface area (Å²) in [6.45, 7) is 0. The molecule has 0 unspecified atom stereocenters. The zero-order valence-electron chi connectivity index (χ0n) is 3.33. The molecule has 0 aromatic rings. The van der Waals surface area contributed by atoms with Crippen LogP contribution in [0.25, 0.3) is 0 Å². The molecule has 0 fully saturated rings. The Kier molecular flexibility index (Phi) is 3.80. The number of hydrogen-bond donors (Lipinski definition) is 0. The summed E-state index contributed by atoms with van der Waals surface area (Å²) < 4.78 is 0. The third-order valence-corrected chi connectivity index (χ3v) is 1.58. The summed E-state index contributed by atoms with van der Waals surface area (Å²) >= 11 is 15.2. The summed E-state index contributed by atoms with van der Waals surface area (Å²) in [5, 5.41) is -1.33. The third kappa shape index (κ3) is 3.15. The normalized spacial score (nSPS) is 13.6. The first kappa shape index (κ1) is 7.54. The van der Waals surface area contributed by atoms with Gasteiger partial charge in [-0.1, -0.05) is 0 Å². The van der Waals surface area contributed by atoms with Crippen molar-refractivity contribution in [3.8, 4) is 0 Å². The van der Waals surface area contributed by atoms with E-state index < -0.39 is 10.6 Å². The maximum absolute atomic E-state index is 9.92. The Hall–Kier alpha value is 0.540. The zero-order chi connectivity index (χ0) is 5.86. The van der Waals surface area contributed by atoms with Crippen LogP contribution >= 0.6 is 34.8 Å². The number of rotatable bonds is 2. The molecule has 0 spiro atoms. The predicted octanol–water partition coefficient (Wildman–Crippen LogP) is 1.60. The fraction of sp³-hybridized carbons (Fsp3) is 0.667. The molecule has 1 nitrogen and oxygen atoms in total. The quantitative estimate of drug-likeness (QED) is 0.444. The van der Waals surface area contributed by atoms with Gasteiger partial charge in [-0.3, -0.25) is 4.79 Å². The van der Waals surface area contributed by atoms with Crippen molar-refractivity contribution in [2.45, 2.75) is 5.38 Å². The van der Waals surface area contributed by atoms with Gasteiger partial charge in [-0.05, 0) is 11.6 Å². The number of halogens is 3. The molecule has 0 aliphatic carbocycles. The molecule has 0 heterocycles. The van der Waals surface area contributed by atoms with E-state index in [4.69, 9.17) is 34.8 Å². The van der Waals surface area contributed by atoms with E-state index >= 15 is 0 Å². The summed E-state index contributed by atoms with van der Waals surface area (Å²) in [6, 6.07) is 0. The molecule has 7 heavy (non-hydrogen) atoms. The third-order valence-electron chi connectivity index (χ3n) is 0.382. The van der Waals surface area contributed by atoms with Gasteiger partial charge in [-0.2, -0.15) is 0 Å². The van der Waals surface area contributed by atoms with Crippen LogP contribution in [-0.2, 0) is 4.79 Å². The lowest BCUT2D eigenvalue weighted by atomic mass is 10.5. The maximum Gasteiger partial charge on any atom is 0.240 e. The topological polar surface area (TPSA) is 17.1 Å². The van der Waals surface area contributed by atoms with Crippen molar-refractivity contribution in [3.05, 3.63) is 0 Å². The molecule has 0 amide bonds. The van der Waals surface area contributed by atoms with Gasteiger partial charge in [-0.15, -0.1) is 23.2 Å². The van der Waals surface area contributed by atoms with Crippen molar-refractivity contribution in [2.75, 3.05) is 5.88 Å². The Labute approximate surface area is 56.5 Å². The average molecular weight is 161 g/mol. The molecule has 0 aromatic heterocycles. The van der Waals surface area contributed by atoms with Gasteiger partial charge in [0.25, 0.3) is 0 Å². The number of hydrogen-bond acceptors (Lipinski definition) is 1. The summed E-state index contributed by atoms with van der Waals surface area (Å²) in [7, 11) is 0. The van der Waals surface area contributed by atoms with E-state index in [-0.39, 0.29) is 5.88 Å². The van der Waals surface area contributed by atoms with E-state index in [0.29, 0.717) is 0 Å². The van der Waals surface area contributed by atoms with Crippen LogP contribution in [0.15, 0.2) is 0 Å². The number of alkyl halides is 2. The lowest BCUT2D eigenvalue weighted by Crippen LogP contribution is -2.08. The molecule has 0 aliphatic heterocycles. The lowest BCUT2D eigenvalue weighted by molar-refractivity contribution is -0.111. The molecular weight excluding hydrogens is 158 g/mol. The fourth-order valence-corrected chi connectivity index (χ4v) is 0.357. The molecule has 0 N–H and O–H groups in total. The van der Waals surface area contributed by atoms with E-state index in [1.54, 1.807) is 0 Å². The van der Waals surface area contributed by atoms with Crippen LogP contribution in [-0.4, -0.2) is 16.5 Å². The van der Waals surface area contributed by atoms with Gasteiger partial charge in [0.15, 0.2) is 0 Å². The van der Waals surface area contributed by atoms with Crippen LogP contribution in [0.1, 0.15) is 0 Å². The highest BCUT2D eigenvalue weighted by Crippen LogP contribution is 2.01. The van der Waals surface area contributed by atoms with Gasteiger partial charge in [-0.25, -0.2) is 0 Å². The highest BCUT2D eigenvalue weighted by Gasteiger charge is 2.08. The van der Waals surface area contributed by atoms with E-state index in [1.807, 2.05) is 0 Å². The SMILES string of the molecule is O=C(Cl)[C@H](Cl)CCl. The first-order chi connectivity index (χ1) is 3.18. The van der Waals surface area contributed by atoms with Gasteiger partial charge in [0.1, 0.15) is 5.38 Å². The van der Waals surface area contributed by atoms with Crippen LogP contribution in [0.5, 0.6) is 0 Å². The average Bonchev–Trinajstić information content (AvgIpc) is 1.65. The first-order valence-electron chi connectivity index (χ1n) is 1.58. The Balaban J connectivity index is 3.34. The second-order valence-electron chi connectivity index (χ2n) is 0.926. The van der Waals surface area contributed by atoms with Crippen LogP contribution in [0.3, 0.4) is 0 Å². The van der Waals surface area contributed by atoms with Crippen molar-refractivity contribution < 1.29 is 4.79 Å². The molecule has 0 saturated heterocycles. The molecule has 0 bridgehead atoms. The highest BCUT2D eigenvalue weighted by molar-refractivity contribution is 6.69.